The normalized spacial score (nSPS) is 11.5. The number of nitrogens with two attached hydrogens (primary N) is 1. The third kappa shape index (κ3) is 7.43. The molecule has 4 nitrogen and oxygen atoms in total. The van der Waals surface area contributed by atoms with Crippen molar-refractivity contribution in [2.45, 2.75) is 12.8 Å². The second kappa shape index (κ2) is 9.73. The molecule has 21 heavy (non-hydrogen) atoms. The van der Waals surface area contributed by atoms with E-state index in [1.165, 1.54) is 22.9 Å². The summed E-state index contributed by atoms with van der Waals surface area (Å²) in [5, 5.41) is 8.43. The van der Waals surface area contributed by atoms with Crippen LogP contribution in [0.5, 0.6) is 0 Å². The van der Waals surface area contributed by atoms with E-state index in [-0.39, 0.29) is 5.17 Å². The molecule has 0 atom stereocenters. The lowest BCUT2D eigenvalue weighted by Gasteiger charge is -2.14. The van der Waals surface area contributed by atoms with Crippen LogP contribution in [0.3, 0.4) is 0 Å². The van der Waals surface area contributed by atoms with Gasteiger partial charge in [-0.1, -0.05) is 47.8 Å². The van der Waals surface area contributed by atoms with Gasteiger partial charge in [0.05, 0.1) is 0 Å². The number of thioether (sulfide) groups is 2. The van der Waals surface area contributed by atoms with E-state index in [0.29, 0.717) is 0 Å². The quantitative estimate of drug-likeness (QED) is 0.624. The zero-order chi connectivity index (χ0) is 15.7. The van der Waals surface area contributed by atoms with Crippen LogP contribution in [0.1, 0.15) is 11.1 Å². The number of amidine groups is 2. The first-order valence-electron chi connectivity index (χ1n) is 6.84. The highest BCUT2D eigenvalue weighted by Gasteiger charge is 2.02. The topological polar surface area (TPSA) is 65.5 Å². The first-order chi connectivity index (χ1) is 10.0. The van der Waals surface area contributed by atoms with E-state index in [1.807, 2.05) is 26.0 Å². The fourth-order valence-electron chi connectivity index (χ4n) is 1.81. The Morgan fingerprint density at radius 2 is 1.57 bits per heavy atom. The predicted molar refractivity (Wildman–Crippen MR) is 97.7 cm³/mol. The number of benzene rings is 1. The van der Waals surface area contributed by atoms with E-state index in [0.717, 1.165) is 29.5 Å². The summed E-state index contributed by atoms with van der Waals surface area (Å²) in [4.78, 5) is 6.30. The Labute approximate surface area is 136 Å². The maximum atomic E-state index is 7.18. The first kappa shape index (κ1) is 17.9. The number of hydrogen-bond donors (Lipinski definition) is 2. The van der Waals surface area contributed by atoms with Gasteiger partial charge >= 0.3 is 0 Å². The highest BCUT2D eigenvalue weighted by Crippen LogP contribution is 2.13. The van der Waals surface area contributed by atoms with Crippen LogP contribution in [-0.2, 0) is 12.8 Å². The molecule has 116 valence electrons. The van der Waals surface area contributed by atoms with E-state index in [2.05, 4.69) is 29.3 Å². The monoisotopic (exact) mass is 324 g/mol. The van der Waals surface area contributed by atoms with Crippen LogP contribution in [0, 0.1) is 5.41 Å². The van der Waals surface area contributed by atoms with Crippen LogP contribution in [0.15, 0.2) is 29.3 Å². The summed E-state index contributed by atoms with van der Waals surface area (Å²) in [6, 6.07) is 8.71. The minimum absolute atomic E-state index is 0.193. The zero-order valence-electron chi connectivity index (χ0n) is 12.9. The van der Waals surface area contributed by atoms with Gasteiger partial charge in [0.15, 0.2) is 10.3 Å². The SMILES string of the molecule is C/N=C(/SCCc1ccc(CCSC(=N)N)cc1)N(C)C. The summed E-state index contributed by atoms with van der Waals surface area (Å²) in [5.41, 5.74) is 7.97. The van der Waals surface area contributed by atoms with Gasteiger partial charge < -0.3 is 10.6 Å². The summed E-state index contributed by atoms with van der Waals surface area (Å²) >= 11 is 3.17. The molecule has 0 aromatic heterocycles. The largest absolute Gasteiger partial charge is 0.379 e. The second-order valence-corrected chi connectivity index (χ2v) is 6.98. The smallest absolute Gasteiger partial charge is 0.158 e. The Kier molecular flexibility index (Phi) is 8.30. The lowest BCUT2D eigenvalue weighted by atomic mass is 10.1. The minimum Gasteiger partial charge on any atom is -0.379 e. The van der Waals surface area contributed by atoms with Crippen molar-refractivity contribution in [2.24, 2.45) is 10.7 Å². The summed E-state index contributed by atoms with van der Waals surface area (Å²) < 4.78 is 0. The third-order valence-corrected chi connectivity index (χ3v) is 4.80. The molecular weight excluding hydrogens is 300 g/mol. The van der Waals surface area contributed by atoms with Crippen LogP contribution in [-0.4, -0.2) is 47.9 Å². The van der Waals surface area contributed by atoms with Gasteiger partial charge in [-0.25, -0.2) is 0 Å². The molecule has 0 unspecified atom stereocenters. The van der Waals surface area contributed by atoms with Crippen LogP contribution >= 0.6 is 23.5 Å². The second-order valence-electron chi connectivity index (χ2n) is 4.78. The molecule has 3 N–H and O–H groups in total. The van der Waals surface area contributed by atoms with Gasteiger partial charge in [0.1, 0.15) is 0 Å². The fraction of sp³-hybridized carbons (Fsp3) is 0.467. The van der Waals surface area contributed by atoms with Crippen molar-refractivity contribution in [1.82, 2.24) is 4.90 Å². The van der Waals surface area contributed by atoms with E-state index >= 15 is 0 Å². The number of hydrogen-bond acceptors (Lipinski definition) is 4. The van der Waals surface area contributed by atoms with Crippen molar-refractivity contribution in [1.29, 1.82) is 5.41 Å². The Morgan fingerprint density at radius 3 is 1.95 bits per heavy atom. The highest BCUT2D eigenvalue weighted by atomic mass is 32.2. The van der Waals surface area contributed by atoms with E-state index < -0.39 is 0 Å². The third-order valence-electron chi connectivity index (χ3n) is 2.87. The minimum atomic E-state index is 0.193. The molecule has 0 aliphatic carbocycles. The molecule has 1 aromatic rings. The first-order valence-corrected chi connectivity index (χ1v) is 8.81. The summed E-state index contributed by atoms with van der Waals surface area (Å²) in [5.74, 6) is 1.90. The van der Waals surface area contributed by atoms with Crippen molar-refractivity contribution in [3.8, 4) is 0 Å². The number of aryl methyl sites for hydroxylation is 2. The molecule has 0 radical (unpaired) electrons. The fourth-order valence-corrected chi connectivity index (χ4v) is 3.27. The van der Waals surface area contributed by atoms with E-state index in [1.54, 1.807) is 11.8 Å². The summed E-state index contributed by atoms with van der Waals surface area (Å²) in [6.07, 6.45) is 1.99. The molecule has 0 aliphatic heterocycles. The van der Waals surface area contributed by atoms with Crippen molar-refractivity contribution in [3.63, 3.8) is 0 Å². The average Bonchev–Trinajstić information content (AvgIpc) is 2.44. The molecule has 0 amide bonds. The molecule has 0 aliphatic rings. The van der Waals surface area contributed by atoms with E-state index in [4.69, 9.17) is 11.1 Å². The highest BCUT2D eigenvalue weighted by molar-refractivity contribution is 8.13. The standard InChI is InChI=1S/C15H24N4S2/c1-18-15(19(2)3)21-11-9-13-6-4-12(5-7-13)8-10-20-14(16)17/h4-7H,8-11H2,1-3H3,(H3,16,17)/b18-15+. The van der Waals surface area contributed by atoms with Gasteiger partial charge in [-0.05, 0) is 24.0 Å². The number of rotatable bonds is 6. The molecule has 0 fully saturated rings. The molecule has 0 bridgehead atoms. The lowest BCUT2D eigenvalue weighted by Crippen LogP contribution is -2.19. The van der Waals surface area contributed by atoms with Gasteiger partial charge in [-0.15, -0.1) is 0 Å². The Balaban J connectivity index is 2.35. The van der Waals surface area contributed by atoms with Crippen molar-refractivity contribution >= 4 is 33.9 Å². The summed E-state index contributed by atoms with van der Waals surface area (Å²) in [7, 11) is 5.86. The molecule has 0 saturated carbocycles. The van der Waals surface area contributed by atoms with Crippen LogP contribution < -0.4 is 5.73 Å². The Hall–Kier alpha value is -1.14. The van der Waals surface area contributed by atoms with Gasteiger partial charge in [0.25, 0.3) is 0 Å². The molecule has 1 aromatic carbocycles. The van der Waals surface area contributed by atoms with Crippen LogP contribution in [0.2, 0.25) is 0 Å². The molecule has 6 heteroatoms. The molecule has 1 rings (SSSR count). The number of nitrogens with one attached hydrogen (secondary N) is 1. The number of aliphatic imine (C=N–C) groups is 1. The van der Waals surface area contributed by atoms with Gasteiger partial charge in [-0.3, -0.25) is 10.4 Å². The van der Waals surface area contributed by atoms with E-state index in [9.17, 15) is 0 Å². The maximum absolute atomic E-state index is 7.18. The maximum Gasteiger partial charge on any atom is 0.158 e. The van der Waals surface area contributed by atoms with Gasteiger partial charge in [0.2, 0.25) is 0 Å². The predicted octanol–water partition coefficient (Wildman–Crippen LogP) is 2.68. The van der Waals surface area contributed by atoms with Gasteiger partial charge in [-0.2, -0.15) is 0 Å². The molecule has 0 spiro atoms. The van der Waals surface area contributed by atoms with Crippen molar-refractivity contribution < 1.29 is 0 Å². The zero-order valence-corrected chi connectivity index (χ0v) is 14.6. The Morgan fingerprint density at radius 1 is 1.10 bits per heavy atom. The van der Waals surface area contributed by atoms with Crippen molar-refractivity contribution in [3.05, 3.63) is 35.4 Å². The van der Waals surface area contributed by atoms with Gasteiger partial charge in [0, 0.05) is 32.6 Å². The van der Waals surface area contributed by atoms with Crippen molar-refractivity contribution in [2.75, 3.05) is 32.6 Å². The summed E-state index contributed by atoms with van der Waals surface area (Å²) in [6.45, 7) is 0. The molecular formula is C15H24N4S2. The average molecular weight is 325 g/mol. The van der Waals surface area contributed by atoms with Crippen LogP contribution in [0.4, 0.5) is 0 Å². The lowest BCUT2D eigenvalue weighted by molar-refractivity contribution is 0.635. The Bertz CT molecular complexity index is 469. The number of nitrogens with zero attached hydrogens (tertiary/aromatic N) is 2. The molecule has 0 heterocycles. The van der Waals surface area contributed by atoms with Crippen LogP contribution in [0.25, 0.3) is 0 Å². The molecule has 0 saturated heterocycles.